The van der Waals surface area contributed by atoms with Crippen LogP contribution in [0.1, 0.15) is 17.5 Å². The molecule has 4 nitrogen and oxygen atoms in total. The van der Waals surface area contributed by atoms with Crippen LogP contribution >= 0.6 is 11.3 Å². The molecule has 1 saturated heterocycles. The molecule has 1 aliphatic heterocycles. The normalized spacial score (nSPS) is 17.8. The van der Waals surface area contributed by atoms with E-state index >= 15 is 0 Å². The van der Waals surface area contributed by atoms with Gasteiger partial charge in [-0.2, -0.15) is 11.3 Å². The molecule has 5 heteroatoms. The fraction of sp³-hybridized carbons (Fsp3) is 0.222. The molecule has 1 atom stereocenters. The van der Waals surface area contributed by atoms with Crippen LogP contribution in [-0.2, 0) is 16.1 Å². The van der Waals surface area contributed by atoms with Crippen molar-refractivity contribution in [3.63, 3.8) is 0 Å². The number of nitrogens with one attached hydrogen (secondary N) is 1. The van der Waals surface area contributed by atoms with Crippen LogP contribution in [-0.4, -0.2) is 29.3 Å². The third kappa shape index (κ3) is 4.07. The number of hydrogen-bond donors (Lipinski definition) is 1. The Morgan fingerprint density at radius 2 is 2.13 bits per heavy atom. The fourth-order valence-corrected chi connectivity index (χ4v) is 3.22. The van der Waals surface area contributed by atoms with Gasteiger partial charge in [0.05, 0.1) is 0 Å². The Morgan fingerprint density at radius 3 is 2.87 bits per heavy atom. The second-order valence-corrected chi connectivity index (χ2v) is 6.27. The Hall–Kier alpha value is -2.40. The van der Waals surface area contributed by atoms with E-state index in [1.54, 1.807) is 22.3 Å². The molecule has 3 rings (SSSR count). The minimum Gasteiger partial charge on any atom is -0.341 e. The van der Waals surface area contributed by atoms with E-state index in [9.17, 15) is 9.59 Å². The van der Waals surface area contributed by atoms with Gasteiger partial charge >= 0.3 is 0 Å². The first-order valence-electron chi connectivity index (χ1n) is 7.56. The van der Waals surface area contributed by atoms with Crippen LogP contribution < -0.4 is 5.32 Å². The minimum absolute atomic E-state index is 0.00821. The number of nitrogens with zero attached hydrogens (tertiary/aromatic N) is 1. The first-order valence-corrected chi connectivity index (χ1v) is 8.50. The monoisotopic (exact) mass is 326 g/mol. The zero-order chi connectivity index (χ0) is 16.1. The molecule has 2 amide bonds. The Labute approximate surface area is 139 Å². The summed E-state index contributed by atoms with van der Waals surface area (Å²) in [6, 6.07) is 11.4. The van der Waals surface area contributed by atoms with Crippen molar-refractivity contribution in [1.82, 2.24) is 10.2 Å². The number of thiophene rings is 1. The lowest BCUT2D eigenvalue weighted by Crippen LogP contribution is -2.40. The van der Waals surface area contributed by atoms with Gasteiger partial charge in [-0.25, -0.2) is 0 Å². The van der Waals surface area contributed by atoms with Crippen molar-refractivity contribution >= 4 is 29.2 Å². The van der Waals surface area contributed by atoms with E-state index in [1.807, 2.05) is 47.2 Å². The first-order chi connectivity index (χ1) is 11.2. The lowest BCUT2D eigenvalue weighted by atomic mass is 10.2. The summed E-state index contributed by atoms with van der Waals surface area (Å²) in [7, 11) is 0. The number of rotatable bonds is 5. The predicted octanol–water partition coefficient (Wildman–Crippen LogP) is 2.68. The summed E-state index contributed by atoms with van der Waals surface area (Å²) in [6.45, 7) is 1.27. The average molecular weight is 326 g/mol. The Kier molecular flexibility index (Phi) is 4.88. The summed E-state index contributed by atoms with van der Waals surface area (Å²) in [6.07, 6.45) is 3.89. The molecule has 1 aromatic carbocycles. The van der Waals surface area contributed by atoms with Crippen LogP contribution in [0.5, 0.6) is 0 Å². The van der Waals surface area contributed by atoms with E-state index in [-0.39, 0.29) is 11.8 Å². The molecule has 1 aromatic heterocycles. The third-order valence-corrected chi connectivity index (χ3v) is 4.50. The van der Waals surface area contributed by atoms with Gasteiger partial charge in [0.1, 0.15) is 6.04 Å². The molecule has 0 bridgehead atoms. The molecular formula is C18H18N2O2S. The molecule has 0 saturated carbocycles. The molecule has 118 valence electrons. The molecule has 23 heavy (non-hydrogen) atoms. The first kappa shape index (κ1) is 15.5. The van der Waals surface area contributed by atoms with Crippen LogP contribution in [0, 0.1) is 0 Å². The number of carbonyl (C=O) groups excluding carboxylic acids is 2. The molecule has 0 unspecified atom stereocenters. The molecule has 2 aromatic rings. The van der Waals surface area contributed by atoms with Crippen LogP contribution in [0.15, 0.2) is 53.2 Å². The van der Waals surface area contributed by atoms with Gasteiger partial charge in [0.15, 0.2) is 0 Å². The molecule has 0 radical (unpaired) electrons. The Bertz CT molecular complexity index is 695. The summed E-state index contributed by atoms with van der Waals surface area (Å²) < 4.78 is 0. The van der Waals surface area contributed by atoms with Gasteiger partial charge in [-0.15, -0.1) is 0 Å². The van der Waals surface area contributed by atoms with Gasteiger partial charge in [0, 0.05) is 19.2 Å². The second kappa shape index (κ2) is 7.24. The lowest BCUT2D eigenvalue weighted by Gasteiger charge is -2.16. The van der Waals surface area contributed by atoms with E-state index in [1.165, 1.54) is 6.08 Å². The van der Waals surface area contributed by atoms with Crippen LogP contribution in [0.3, 0.4) is 0 Å². The maximum Gasteiger partial charge on any atom is 0.245 e. The smallest absolute Gasteiger partial charge is 0.245 e. The quantitative estimate of drug-likeness (QED) is 0.859. The Morgan fingerprint density at radius 1 is 1.30 bits per heavy atom. The zero-order valence-corrected chi connectivity index (χ0v) is 13.5. The summed E-state index contributed by atoms with van der Waals surface area (Å²) in [5, 5.41) is 6.72. The van der Waals surface area contributed by atoms with Gasteiger partial charge in [0.2, 0.25) is 11.8 Å². The standard InChI is InChI=1S/C18H18N2O2S/c21-17(7-6-15-9-11-23-13-15)19-16-8-10-20(18(16)22)12-14-4-2-1-3-5-14/h1-7,9,11,13,16H,8,10,12H2,(H,19,21)/b7-6-/t16-/m1/s1. The lowest BCUT2D eigenvalue weighted by molar-refractivity contribution is -0.132. The summed E-state index contributed by atoms with van der Waals surface area (Å²) in [5.74, 6) is -0.234. The fourth-order valence-electron chi connectivity index (χ4n) is 2.60. The van der Waals surface area contributed by atoms with Crippen LogP contribution in [0.25, 0.3) is 6.08 Å². The van der Waals surface area contributed by atoms with Crippen molar-refractivity contribution in [3.05, 3.63) is 64.4 Å². The number of carbonyl (C=O) groups is 2. The van der Waals surface area contributed by atoms with Crippen molar-refractivity contribution in [2.75, 3.05) is 6.54 Å². The third-order valence-electron chi connectivity index (χ3n) is 3.80. The zero-order valence-electron chi connectivity index (χ0n) is 12.6. The summed E-state index contributed by atoms with van der Waals surface area (Å²) in [4.78, 5) is 26.1. The minimum atomic E-state index is -0.418. The van der Waals surface area contributed by atoms with Gasteiger partial charge in [-0.1, -0.05) is 30.3 Å². The summed E-state index contributed by atoms with van der Waals surface area (Å²) in [5.41, 5.74) is 2.10. The highest BCUT2D eigenvalue weighted by Gasteiger charge is 2.32. The maximum atomic E-state index is 12.4. The van der Waals surface area contributed by atoms with Crippen molar-refractivity contribution in [1.29, 1.82) is 0 Å². The molecule has 1 N–H and O–H groups in total. The van der Waals surface area contributed by atoms with Gasteiger partial charge in [0.25, 0.3) is 0 Å². The number of amides is 2. The maximum absolute atomic E-state index is 12.4. The molecule has 0 spiro atoms. The van der Waals surface area contributed by atoms with E-state index in [0.717, 1.165) is 11.1 Å². The molecule has 2 heterocycles. The van der Waals surface area contributed by atoms with Crippen molar-refractivity contribution in [3.8, 4) is 0 Å². The number of benzene rings is 1. The molecule has 1 fully saturated rings. The van der Waals surface area contributed by atoms with E-state index in [2.05, 4.69) is 5.32 Å². The van der Waals surface area contributed by atoms with E-state index in [4.69, 9.17) is 0 Å². The SMILES string of the molecule is O=C(/C=C\c1ccsc1)N[C@@H]1CCN(Cc2ccccc2)C1=O. The number of hydrogen-bond acceptors (Lipinski definition) is 3. The highest BCUT2D eigenvalue weighted by molar-refractivity contribution is 7.08. The molecule has 1 aliphatic rings. The second-order valence-electron chi connectivity index (χ2n) is 5.49. The highest BCUT2D eigenvalue weighted by Crippen LogP contribution is 2.15. The highest BCUT2D eigenvalue weighted by atomic mass is 32.1. The Balaban J connectivity index is 1.53. The van der Waals surface area contributed by atoms with Gasteiger partial charge in [-0.3, -0.25) is 9.59 Å². The summed E-state index contributed by atoms with van der Waals surface area (Å²) >= 11 is 1.58. The van der Waals surface area contributed by atoms with Crippen molar-refractivity contribution in [2.24, 2.45) is 0 Å². The van der Waals surface area contributed by atoms with Gasteiger partial charge in [-0.05, 0) is 40.5 Å². The number of likely N-dealkylation sites (tertiary alicyclic amines) is 1. The molecular weight excluding hydrogens is 308 g/mol. The van der Waals surface area contributed by atoms with Crippen LogP contribution in [0.4, 0.5) is 0 Å². The average Bonchev–Trinajstić information content (AvgIpc) is 3.19. The van der Waals surface area contributed by atoms with Crippen LogP contribution in [0.2, 0.25) is 0 Å². The van der Waals surface area contributed by atoms with Crippen molar-refractivity contribution in [2.45, 2.75) is 19.0 Å². The van der Waals surface area contributed by atoms with E-state index in [0.29, 0.717) is 19.5 Å². The van der Waals surface area contributed by atoms with Gasteiger partial charge < -0.3 is 10.2 Å². The van der Waals surface area contributed by atoms with E-state index < -0.39 is 6.04 Å². The molecule has 0 aliphatic carbocycles. The topological polar surface area (TPSA) is 49.4 Å². The van der Waals surface area contributed by atoms with Crippen molar-refractivity contribution < 1.29 is 9.59 Å². The predicted molar refractivity (Wildman–Crippen MR) is 91.8 cm³/mol. The largest absolute Gasteiger partial charge is 0.341 e.